The minimum Gasteiger partial charge on any atom is -0.348 e. The van der Waals surface area contributed by atoms with Gasteiger partial charge in [-0.05, 0) is 46.1 Å². The summed E-state index contributed by atoms with van der Waals surface area (Å²) in [5.41, 5.74) is 2.39. The summed E-state index contributed by atoms with van der Waals surface area (Å²) < 4.78 is 0.710. The quantitative estimate of drug-likeness (QED) is 0.873. The molecule has 6 heteroatoms. The Morgan fingerprint density at radius 1 is 1.47 bits per heavy atom. The summed E-state index contributed by atoms with van der Waals surface area (Å²) in [6.07, 6.45) is 5.00. The second-order valence-electron chi connectivity index (χ2n) is 3.98. The number of carbonyl (C=O) groups excluding carboxylic acids is 1. The van der Waals surface area contributed by atoms with E-state index in [1.54, 1.807) is 24.7 Å². The molecule has 0 saturated heterocycles. The van der Waals surface area contributed by atoms with Crippen LogP contribution in [0.25, 0.3) is 0 Å². The highest BCUT2D eigenvalue weighted by molar-refractivity contribution is 9.10. The Morgan fingerprint density at radius 2 is 2.26 bits per heavy atom. The van der Waals surface area contributed by atoms with E-state index in [1.807, 2.05) is 13.0 Å². The highest BCUT2D eigenvalue weighted by atomic mass is 79.9. The van der Waals surface area contributed by atoms with Gasteiger partial charge in [-0.25, -0.2) is 4.98 Å². The van der Waals surface area contributed by atoms with Gasteiger partial charge in [0.25, 0.3) is 5.91 Å². The van der Waals surface area contributed by atoms with Gasteiger partial charge < -0.3 is 5.32 Å². The molecule has 0 saturated carbocycles. The van der Waals surface area contributed by atoms with Gasteiger partial charge in [0, 0.05) is 29.6 Å². The van der Waals surface area contributed by atoms with Crippen molar-refractivity contribution < 1.29 is 4.79 Å². The maximum absolute atomic E-state index is 12.0. The monoisotopic (exact) mass is 339 g/mol. The van der Waals surface area contributed by atoms with E-state index in [1.165, 1.54) is 0 Å². The van der Waals surface area contributed by atoms with Gasteiger partial charge in [0.15, 0.2) is 0 Å². The second kappa shape index (κ2) is 6.12. The summed E-state index contributed by atoms with van der Waals surface area (Å²) in [6.45, 7) is 2.37. The number of rotatable bonds is 3. The molecule has 98 valence electrons. The third-order valence-corrected chi connectivity index (χ3v) is 3.36. The topological polar surface area (TPSA) is 54.9 Å². The minimum absolute atomic E-state index is 0.187. The Morgan fingerprint density at radius 3 is 3.00 bits per heavy atom. The standard InChI is InChI=1S/C13H11BrClN3O/c1-8-5-16-3-2-9(8)6-18-13(19)11-4-10(14)7-17-12(11)15/h2-5,7H,6H2,1H3,(H,18,19). The molecule has 0 bridgehead atoms. The first-order valence-corrected chi connectivity index (χ1v) is 6.74. The number of pyridine rings is 2. The van der Waals surface area contributed by atoms with Crippen molar-refractivity contribution >= 4 is 33.4 Å². The molecule has 0 atom stereocenters. The second-order valence-corrected chi connectivity index (χ2v) is 5.25. The van der Waals surface area contributed by atoms with Crippen LogP contribution in [0.15, 0.2) is 35.2 Å². The average molecular weight is 341 g/mol. The number of carbonyl (C=O) groups is 1. The zero-order chi connectivity index (χ0) is 13.8. The molecule has 0 spiro atoms. The summed E-state index contributed by atoms with van der Waals surface area (Å²) in [5, 5.41) is 3.00. The van der Waals surface area contributed by atoms with E-state index in [2.05, 4.69) is 31.2 Å². The molecule has 1 amide bonds. The molecule has 0 radical (unpaired) electrons. The van der Waals surface area contributed by atoms with E-state index in [0.29, 0.717) is 16.6 Å². The van der Waals surface area contributed by atoms with Crippen LogP contribution in [0.3, 0.4) is 0 Å². The third-order valence-electron chi connectivity index (χ3n) is 2.63. The smallest absolute Gasteiger partial charge is 0.254 e. The number of nitrogens with one attached hydrogen (secondary N) is 1. The molecule has 2 rings (SSSR count). The third kappa shape index (κ3) is 3.52. The predicted octanol–water partition coefficient (Wildman–Crippen LogP) is 3.13. The molecule has 1 N–H and O–H groups in total. The van der Waals surface area contributed by atoms with Gasteiger partial charge in [-0.1, -0.05) is 11.6 Å². The Bertz CT molecular complexity index is 619. The molecule has 19 heavy (non-hydrogen) atoms. The van der Waals surface area contributed by atoms with Crippen molar-refractivity contribution in [3.63, 3.8) is 0 Å². The van der Waals surface area contributed by atoms with Crippen molar-refractivity contribution in [2.24, 2.45) is 0 Å². The molecule has 2 aromatic heterocycles. The number of amides is 1. The van der Waals surface area contributed by atoms with Crippen molar-refractivity contribution in [2.45, 2.75) is 13.5 Å². The molecule has 4 nitrogen and oxygen atoms in total. The molecular formula is C13H11BrClN3O. The summed E-state index contributed by atoms with van der Waals surface area (Å²) >= 11 is 9.16. The Hall–Kier alpha value is -1.46. The fourth-order valence-electron chi connectivity index (χ4n) is 1.55. The molecule has 0 aliphatic heterocycles. The Labute approximate surface area is 124 Å². The number of aromatic nitrogens is 2. The van der Waals surface area contributed by atoms with E-state index in [0.717, 1.165) is 11.1 Å². The molecular weight excluding hydrogens is 330 g/mol. The first kappa shape index (κ1) is 14.0. The van der Waals surface area contributed by atoms with Crippen molar-refractivity contribution in [1.82, 2.24) is 15.3 Å². The largest absolute Gasteiger partial charge is 0.348 e. The highest BCUT2D eigenvalue weighted by Crippen LogP contribution is 2.18. The van der Waals surface area contributed by atoms with E-state index in [9.17, 15) is 4.79 Å². The lowest BCUT2D eigenvalue weighted by Crippen LogP contribution is -2.23. The zero-order valence-corrected chi connectivity index (χ0v) is 12.5. The Balaban J connectivity index is 2.10. The van der Waals surface area contributed by atoms with Crippen LogP contribution in [0.1, 0.15) is 21.5 Å². The van der Waals surface area contributed by atoms with Crippen LogP contribution in [0, 0.1) is 6.92 Å². The van der Waals surface area contributed by atoms with Crippen LogP contribution in [0.2, 0.25) is 5.15 Å². The normalized spacial score (nSPS) is 10.3. The van der Waals surface area contributed by atoms with Gasteiger partial charge >= 0.3 is 0 Å². The molecule has 0 aliphatic carbocycles. The van der Waals surface area contributed by atoms with Gasteiger partial charge in [0.05, 0.1) is 5.56 Å². The number of halogens is 2. The fourth-order valence-corrected chi connectivity index (χ4v) is 2.07. The van der Waals surface area contributed by atoms with Gasteiger partial charge in [-0.2, -0.15) is 0 Å². The predicted molar refractivity (Wildman–Crippen MR) is 77.1 cm³/mol. The summed E-state index contributed by atoms with van der Waals surface area (Å²) in [7, 11) is 0. The van der Waals surface area contributed by atoms with Crippen LogP contribution < -0.4 is 5.32 Å². The van der Waals surface area contributed by atoms with Gasteiger partial charge in [0.1, 0.15) is 5.15 Å². The van der Waals surface area contributed by atoms with E-state index >= 15 is 0 Å². The van der Waals surface area contributed by atoms with Crippen molar-refractivity contribution in [3.05, 3.63) is 57.0 Å². The van der Waals surface area contributed by atoms with Crippen LogP contribution in [0.5, 0.6) is 0 Å². The lowest BCUT2D eigenvalue weighted by molar-refractivity contribution is 0.0950. The average Bonchev–Trinajstić information content (AvgIpc) is 2.40. The zero-order valence-electron chi connectivity index (χ0n) is 10.2. The van der Waals surface area contributed by atoms with Crippen LogP contribution in [-0.2, 0) is 6.54 Å². The van der Waals surface area contributed by atoms with Gasteiger partial charge in [-0.15, -0.1) is 0 Å². The first-order chi connectivity index (χ1) is 9.08. The molecule has 0 unspecified atom stereocenters. The summed E-state index contributed by atoms with van der Waals surface area (Å²) in [4.78, 5) is 20.0. The minimum atomic E-state index is -0.255. The van der Waals surface area contributed by atoms with Crippen LogP contribution >= 0.6 is 27.5 Å². The van der Waals surface area contributed by atoms with Crippen LogP contribution in [0.4, 0.5) is 0 Å². The molecule has 2 aromatic rings. The number of nitrogens with zero attached hydrogens (tertiary/aromatic N) is 2. The van der Waals surface area contributed by atoms with E-state index < -0.39 is 0 Å². The van der Waals surface area contributed by atoms with E-state index in [-0.39, 0.29) is 11.1 Å². The molecule has 0 aliphatic rings. The summed E-state index contributed by atoms with van der Waals surface area (Å²) in [6, 6.07) is 3.51. The van der Waals surface area contributed by atoms with Crippen LogP contribution in [-0.4, -0.2) is 15.9 Å². The number of aryl methyl sites for hydroxylation is 1. The molecule has 0 aromatic carbocycles. The molecule has 2 heterocycles. The van der Waals surface area contributed by atoms with Crippen molar-refractivity contribution in [3.8, 4) is 0 Å². The lowest BCUT2D eigenvalue weighted by Gasteiger charge is -2.08. The Kier molecular flexibility index (Phi) is 4.50. The van der Waals surface area contributed by atoms with Gasteiger partial charge in [0.2, 0.25) is 0 Å². The highest BCUT2D eigenvalue weighted by Gasteiger charge is 2.12. The van der Waals surface area contributed by atoms with Crippen molar-refractivity contribution in [2.75, 3.05) is 0 Å². The molecule has 0 fully saturated rings. The summed E-state index contributed by atoms with van der Waals surface area (Å²) in [5.74, 6) is -0.255. The number of hydrogen-bond donors (Lipinski definition) is 1. The van der Waals surface area contributed by atoms with E-state index in [4.69, 9.17) is 11.6 Å². The first-order valence-electron chi connectivity index (χ1n) is 5.56. The SMILES string of the molecule is Cc1cnccc1CNC(=O)c1cc(Br)cnc1Cl. The van der Waals surface area contributed by atoms with Crippen molar-refractivity contribution in [1.29, 1.82) is 0 Å². The fraction of sp³-hybridized carbons (Fsp3) is 0.154. The maximum atomic E-state index is 12.0. The van der Waals surface area contributed by atoms with Gasteiger partial charge in [-0.3, -0.25) is 9.78 Å². The maximum Gasteiger partial charge on any atom is 0.254 e. The lowest BCUT2D eigenvalue weighted by atomic mass is 10.1. The number of hydrogen-bond acceptors (Lipinski definition) is 3.